The van der Waals surface area contributed by atoms with Gasteiger partial charge in [-0.1, -0.05) is 6.92 Å². The zero-order chi connectivity index (χ0) is 11.5. The molecule has 0 fully saturated rings. The second-order valence-corrected chi connectivity index (χ2v) is 3.80. The zero-order valence-corrected chi connectivity index (χ0v) is 9.60. The molecule has 0 saturated carbocycles. The van der Waals surface area contributed by atoms with Crippen LogP contribution in [0.4, 0.5) is 0 Å². The highest BCUT2D eigenvalue weighted by Gasteiger charge is 2.09. The molecule has 0 aliphatic carbocycles. The van der Waals surface area contributed by atoms with Crippen molar-refractivity contribution < 1.29 is 4.74 Å². The number of hydrogen-bond donors (Lipinski definition) is 1. The second-order valence-electron chi connectivity index (χ2n) is 3.80. The van der Waals surface area contributed by atoms with Crippen LogP contribution in [-0.2, 0) is 0 Å². The number of rotatable bonds is 3. The van der Waals surface area contributed by atoms with Gasteiger partial charge in [0.2, 0.25) is 0 Å². The topological polar surface area (TPSA) is 48.1 Å². The summed E-state index contributed by atoms with van der Waals surface area (Å²) in [6.45, 7) is 2.08. The fourth-order valence-corrected chi connectivity index (χ4v) is 1.82. The van der Waals surface area contributed by atoms with Crippen LogP contribution in [0, 0.1) is 0 Å². The molecule has 3 heteroatoms. The molecule has 2 rings (SSSR count). The van der Waals surface area contributed by atoms with E-state index in [2.05, 4.69) is 11.9 Å². The Bertz CT molecular complexity index is 496. The smallest absolute Gasteiger partial charge is 0.119 e. The Balaban J connectivity index is 2.64. The molecule has 1 aromatic heterocycles. The number of pyridine rings is 1. The Morgan fingerprint density at radius 1 is 1.38 bits per heavy atom. The van der Waals surface area contributed by atoms with Gasteiger partial charge in [-0.05, 0) is 36.2 Å². The number of nitrogens with zero attached hydrogens (tertiary/aromatic N) is 1. The van der Waals surface area contributed by atoms with Crippen LogP contribution < -0.4 is 10.5 Å². The molecule has 1 unspecified atom stereocenters. The third-order valence-electron chi connectivity index (χ3n) is 2.82. The van der Waals surface area contributed by atoms with Crippen LogP contribution in [0.3, 0.4) is 0 Å². The molecule has 0 spiro atoms. The first-order valence-corrected chi connectivity index (χ1v) is 5.44. The van der Waals surface area contributed by atoms with Crippen LogP contribution in [-0.4, -0.2) is 12.1 Å². The van der Waals surface area contributed by atoms with Crippen LogP contribution in [0.1, 0.15) is 24.9 Å². The third-order valence-corrected chi connectivity index (χ3v) is 2.82. The van der Waals surface area contributed by atoms with E-state index in [0.717, 1.165) is 28.6 Å². The van der Waals surface area contributed by atoms with Crippen molar-refractivity contribution >= 4 is 10.9 Å². The van der Waals surface area contributed by atoms with Gasteiger partial charge >= 0.3 is 0 Å². The lowest BCUT2D eigenvalue weighted by atomic mass is 10.0. The van der Waals surface area contributed by atoms with Gasteiger partial charge in [-0.15, -0.1) is 0 Å². The molecule has 0 aliphatic rings. The number of nitrogens with two attached hydrogens (primary N) is 1. The van der Waals surface area contributed by atoms with E-state index in [4.69, 9.17) is 10.5 Å². The van der Waals surface area contributed by atoms with Gasteiger partial charge in [0.05, 0.1) is 12.6 Å². The number of fused-ring (bicyclic) bond motifs is 1. The molecule has 1 heterocycles. The lowest BCUT2D eigenvalue weighted by Crippen LogP contribution is -2.09. The Hall–Kier alpha value is -1.61. The average Bonchev–Trinajstić information content (AvgIpc) is 2.36. The number of benzene rings is 1. The van der Waals surface area contributed by atoms with Gasteiger partial charge in [0.1, 0.15) is 5.75 Å². The molecule has 3 nitrogen and oxygen atoms in total. The van der Waals surface area contributed by atoms with Crippen molar-refractivity contribution in [1.29, 1.82) is 0 Å². The lowest BCUT2D eigenvalue weighted by Gasteiger charge is -2.12. The monoisotopic (exact) mass is 216 g/mol. The summed E-state index contributed by atoms with van der Waals surface area (Å²) in [7, 11) is 1.66. The van der Waals surface area contributed by atoms with E-state index in [-0.39, 0.29) is 6.04 Å². The van der Waals surface area contributed by atoms with E-state index in [9.17, 15) is 0 Å². The normalized spacial score (nSPS) is 12.7. The van der Waals surface area contributed by atoms with E-state index in [1.54, 1.807) is 13.3 Å². The molecule has 2 N–H and O–H groups in total. The minimum atomic E-state index is 0.0533. The molecule has 84 valence electrons. The molecule has 2 aromatic rings. The van der Waals surface area contributed by atoms with Gasteiger partial charge in [0.15, 0.2) is 0 Å². The Morgan fingerprint density at radius 3 is 2.88 bits per heavy atom. The molecule has 0 bridgehead atoms. The quantitative estimate of drug-likeness (QED) is 0.858. The maximum atomic E-state index is 6.08. The van der Waals surface area contributed by atoms with E-state index >= 15 is 0 Å². The maximum Gasteiger partial charge on any atom is 0.119 e. The van der Waals surface area contributed by atoms with Gasteiger partial charge in [-0.2, -0.15) is 0 Å². The summed E-state index contributed by atoms with van der Waals surface area (Å²) in [5.74, 6) is 0.838. The summed E-state index contributed by atoms with van der Waals surface area (Å²) in [6.07, 6.45) is 2.72. The highest BCUT2D eigenvalue weighted by molar-refractivity contribution is 5.83. The summed E-state index contributed by atoms with van der Waals surface area (Å²) < 4.78 is 5.22. The molecule has 0 aliphatic heterocycles. The van der Waals surface area contributed by atoms with Crippen molar-refractivity contribution in [1.82, 2.24) is 4.98 Å². The predicted molar refractivity (Wildman–Crippen MR) is 65.5 cm³/mol. The van der Waals surface area contributed by atoms with Crippen molar-refractivity contribution in [3.05, 3.63) is 36.0 Å². The number of ether oxygens (including phenoxy) is 1. The first-order valence-electron chi connectivity index (χ1n) is 5.44. The van der Waals surface area contributed by atoms with Crippen LogP contribution >= 0.6 is 0 Å². The van der Waals surface area contributed by atoms with Gasteiger partial charge < -0.3 is 10.5 Å². The highest BCUT2D eigenvalue weighted by atomic mass is 16.5. The van der Waals surface area contributed by atoms with Gasteiger partial charge in [0.25, 0.3) is 0 Å². The Labute approximate surface area is 95.2 Å². The predicted octanol–water partition coefficient (Wildman–Crippen LogP) is 2.65. The van der Waals surface area contributed by atoms with Crippen LogP contribution in [0.5, 0.6) is 5.75 Å². The molecule has 0 radical (unpaired) electrons. The Kier molecular flexibility index (Phi) is 3.06. The number of hydrogen-bond acceptors (Lipinski definition) is 3. The van der Waals surface area contributed by atoms with Crippen LogP contribution in [0.2, 0.25) is 0 Å². The molecule has 1 atom stereocenters. The largest absolute Gasteiger partial charge is 0.497 e. The van der Waals surface area contributed by atoms with Crippen molar-refractivity contribution in [3.8, 4) is 5.75 Å². The second kappa shape index (κ2) is 4.49. The summed E-state index contributed by atoms with van der Waals surface area (Å²) in [6, 6.07) is 7.90. The van der Waals surface area contributed by atoms with Crippen LogP contribution in [0.25, 0.3) is 10.9 Å². The minimum absolute atomic E-state index is 0.0533. The SMILES string of the molecule is CCC(N)c1ccnc2ccc(OC)cc12. The summed E-state index contributed by atoms with van der Waals surface area (Å²) in [5, 5.41) is 1.08. The number of methoxy groups -OCH3 is 1. The van der Waals surface area contributed by atoms with Crippen molar-refractivity contribution in [2.75, 3.05) is 7.11 Å². The molecule has 1 aromatic carbocycles. The van der Waals surface area contributed by atoms with E-state index in [0.29, 0.717) is 0 Å². The minimum Gasteiger partial charge on any atom is -0.497 e. The van der Waals surface area contributed by atoms with Crippen molar-refractivity contribution in [3.63, 3.8) is 0 Å². The Morgan fingerprint density at radius 2 is 2.19 bits per heavy atom. The summed E-state index contributed by atoms with van der Waals surface area (Å²) in [4.78, 5) is 4.32. The van der Waals surface area contributed by atoms with Crippen LogP contribution in [0.15, 0.2) is 30.5 Å². The van der Waals surface area contributed by atoms with E-state index < -0.39 is 0 Å². The van der Waals surface area contributed by atoms with Gasteiger partial charge in [0, 0.05) is 17.6 Å². The van der Waals surface area contributed by atoms with Crippen molar-refractivity contribution in [2.45, 2.75) is 19.4 Å². The fraction of sp³-hybridized carbons (Fsp3) is 0.308. The van der Waals surface area contributed by atoms with E-state index in [1.807, 2.05) is 24.3 Å². The standard InChI is InChI=1S/C13H16N2O/c1-3-12(14)10-6-7-15-13-5-4-9(16-2)8-11(10)13/h4-8,12H,3,14H2,1-2H3. The van der Waals surface area contributed by atoms with Crippen molar-refractivity contribution in [2.24, 2.45) is 5.73 Å². The molecular formula is C13H16N2O. The average molecular weight is 216 g/mol. The summed E-state index contributed by atoms with van der Waals surface area (Å²) in [5.41, 5.74) is 8.17. The highest BCUT2D eigenvalue weighted by Crippen LogP contribution is 2.26. The first kappa shape index (κ1) is 10.9. The molecule has 16 heavy (non-hydrogen) atoms. The third kappa shape index (κ3) is 1.86. The lowest BCUT2D eigenvalue weighted by molar-refractivity contribution is 0.415. The first-order chi connectivity index (χ1) is 7.76. The van der Waals surface area contributed by atoms with Gasteiger partial charge in [-0.3, -0.25) is 4.98 Å². The van der Waals surface area contributed by atoms with Gasteiger partial charge in [-0.25, -0.2) is 0 Å². The molecule has 0 saturated heterocycles. The maximum absolute atomic E-state index is 6.08. The number of aromatic nitrogens is 1. The van der Waals surface area contributed by atoms with E-state index in [1.165, 1.54) is 0 Å². The summed E-state index contributed by atoms with van der Waals surface area (Å²) >= 11 is 0. The molecular weight excluding hydrogens is 200 g/mol. The fourth-order valence-electron chi connectivity index (χ4n) is 1.82. The molecule has 0 amide bonds. The zero-order valence-electron chi connectivity index (χ0n) is 9.60.